The fraction of sp³-hybridized carbons (Fsp3) is 0.0833. The number of alkyl halides is 6. The summed E-state index contributed by atoms with van der Waals surface area (Å²) in [6, 6.07) is 11.1. The first-order valence-corrected chi connectivity index (χ1v) is 9.56. The Bertz CT molecular complexity index is 1230. The number of rotatable bonds is 2. The maximum atomic E-state index is 13.3. The molecule has 2 aromatic heterocycles. The van der Waals surface area contributed by atoms with Crippen molar-refractivity contribution in [1.82, 2.24) is 9.97 Å². The van der Waals surface area contributed by atoms with Crippen LogP contribution in [0.25, 0.3) is 22.5 Å². The molecule has 0 saturated heterocycles. The first-order chi connectivity index (χ1) is 16.8. The van der Waals surface area contributed by atoms with Gasteiger partial charge in [-0.15, -0.1) is 24.3 Å². The third kappa shape index (κ3) is 7.83. The van der Waals surface area contributed by atoms with Gasteiger partial charge in [-0.05, 0) is 11.4 Å². The van der Waals surface area contributed by atoms with Crippen LogP contribution < -0.4 is 0 Å². The van der Waals surface area contributed by atoms with Gasteiger partial charge in [0.15, 0.2) is 0 Å². The van der Waals surface area contributed by atoms with E-state index in [1.54, 1.807) is 0 Å². The Morgan fingerprint density at radius 2 is 0.919 bits per heavy atom. The quantitative estimate of drug-likeness (QED) is 0.158. The van der Waals surface area contributed by atoms with E-state index >= 15 is 0 Å². The van der Waals surface area contributed by atoms with E-state index in [0.717, 1.165) is 36.4 Å². The molecule has 4 rings (SSSR count). The van der Waals surface area contributed by atoms with Crippen molar-refractivity contribution in [1.29, 1.82) is 0 Å². The summed E-state index contributed by atoms with van der Waals surface area (Å²) in [4.78, 5) is 6.98. The Labute approximate surface area is 216 Å². The Morgan fingerprint density at radius 3 is 1.16 bits per heavy atom. The molecule has 0 unspecified atom stereocenters. The Balaban J connectivity index is 0.000000253. The molecular formula is C24H10F10IrN2+. The van der Waals surface area contributed by atoms with E-state index in [2.05, 4.69) is 22.1 Å². The largest absolute Gasteiger partial charge is 3.00 e. The molecule has 0 fully saturated rings. The summed E-state index contributed by atoms with van der Waals surface area (Å²) in [6.45, 7) is 0. The van der Waals surface area contributed by atoms with Crippen molar-refractivity contribution in [3.05, 3.63) is 107 Å². The van der Waals surface area contributed by atoms with Gasteiger partial charge in [-0.1, -0.05) is 47.5 Å². The maximum absolute atomic E-state index is 13.3. The van der Waals surface area contributed by atoms with Gasteiger partial charge in [0.1, 0.15) is 0 Å². The Kier molecular flexibility index (Phi) is 9.56. The van der Waals surface area contributed by atoms with Gasteiger partial charge in [-0.25, -0.2) is 0 Å². The van der Waals surface area contributed by atoms with E-state index in [4.69, 9.17) is 0 Å². The van der Waals surface area contributed by atoms with E-state index in [1.165, 1.54) is 0 Å². The van der Waals surface area contributed by atoms with E-state index < -0.39 is 46.7 Å². The third-order valence-electron chi connectivity index (χ3n) is 4.41. The molecule has 0 bridgehead atoms. The summed E-state index contributed by atoms with van der Waals surface area (Å²) >= 11 is 0. The van der Waals surface area contributed by atoms with E-state index in [0.29, 0.717) is 24.5 Å². The molecule has 2 nitrogen and oxygen atoms in total. The number of halogens is 10. The van der Waals surface area contributed by atoms with Gasteiger partial charge < -0.3 is 9.97 Å². The fourth-order valence-corrected chi connectivity index (χ4v) is 2.70. The standard InChI is InChI=1S/2C12H5F5N.Ir/c2*13-8-2-3-9(10(14)5-8)11-4-1-7(6-18-11)12(15,16)17;/h2*1-2,4-6H;/q2*-1;+3. The van der Waals surface area contributed by atoms with Crippen molar-refractivity contribution >= 4 is 0 Å². The molecule has 194 valence electrons. The maximum Gasteiger partial charge on any atom is 3.00 e. The molecule has 0 aliphatic heterocycles. The van der Waals surface area contributed by atoms with Gasteiger partial charge in [0, 0.05) is 35.7 Å². The SMILES string of the molecule is Fc1c[c-]c(-c2ccc(C(F)(F)F)cn2)c(F)c1.Fc1c[c-]c(-c2ccc(C(F)(F)F)cn2)c(F)c1.[Ir+3]. The summed E-state index contributed by atoms with van der Waals surface area (Å²) in [6.07, 6.45) is -7.83. The van der Waals surface area contributed by atoms with Crippen LogP contribution in [0.1, 0.15) is 11.1 Å². The van der Waals surface area contributed by atoms with Crippen molar-refractivity contribution in [3.8, 4) is 22.5 Å². The van der Waals surface area contributed by atoms with Gasteiger partial charge in [0.25, 0.3) is 0 Å². The van der Waals surface area contributed by atoms with Gasteiger partial charge in [0.05, 0.1) is 11.1 Å². The molecular weight excluding hydrogens is 698 g/mol. The number of hydrogen-bond acceptors (Lipinski definition) is 2. The number of benzene rings is 2. The van der Waals surface area contributed by atoms with Crippen molar-refractivity contribution in [2.24, 2.45) is 0 Å². The molecule has 37 heavy (non-hydrogen) atoms. The molecule has 2 aromatic carbocycles. The van der Waals surface area contributed by atoms with Crippen molar-refractivity contribution < 1.29 is 64.0 Å². The molecule has 0 spiro atoms. The van der Waals surface area contributed by atoms with Crippen LogP contribution in [-0.4, -0.2) is 9.97 Å². The molecule has 0 aliphatic carbocycles. The van der Waals surface area contributed by atoms with Crippen LogP contribution in [-0.2, 0) is 32.5 Å². The summed E-state index contributed by atoms with van der Waals surface area (Å²) < 4.78 is 126. The molecule has 0 amide bonds. The first-order valence-electron chi connectivity index (χ1n) is 9.56. The van der Waals surface area contributed by atoms with Crippen molar-refractivity contribution in [2.75, 3.05) is 0 Å². The molecule has 0 aliphatic rings. The smallest absolute Gasteiger partial charge is 0.304 e. The van der Waals surface area contributed by atoms with Crippen LogP contribution in [0.15, 0.2) is 60.9 Å². The molecule has 0 saturated carbocycles. The predicted molar refractivity (Wildman–Crippen MR) is 107 cm³/mol. The minimum Gasteiger partial charge on any atom is -0.304 e. The normalized spacial score (nSPS) is 11.3. The second-order valence-corrected chi connectivity index (χ2v) is 6.94. The van der Waals surface area contributed by atoms with Gasteiger partial charge in [0.2, 0.25) is 0 Å². The molecule has 4 aromatic rings. The van der Waals surface area contributed by atoms with Crippen LogP contribution >= 0.6 is 0 Å². The molecule has 2 heterocycles. The summed E-state index contributed by atoms with van der Waals surface area (Å²) in [5.74, 6) is -3.49. The Hall–Kier alpha value is -3.31. The number of aromatic nitrogens is 2. The molecule has 0 N–H and O–H groups in total. The topological polar surface area (TPSA) is 25.8 Å². The minimum absolute atomic E-state index is 0. The monoisotopic (exact) mass is 709 g/mol. The average molecular weight is 709 g/mol. The van der Waals surface area contributed by atoms with E-state index in [1.807, 2.05) is 0 Å². The summed E-state index contributed by atoms with van der Waals surface area (Å²) in [7, 11) is 0. The van der Waals surface area contributed by atoms with Crippen molar-refractivity contribution in [2.45, 2.75) is 12.4 Å². The number of pyridine rings is 2. The van der Waals surface area contributed by atoms with Gasteiger partial charge in [-0.3, -0.25) is 17.6 Å². The Morgan fingerprint density at radius 1 is 0.568 bits per heavy atom. The zero-order valence-corrected chi connectivity index (χ0v) is 20.2. The van der Waals surface area contributed by atoms with Crippen LogP contribution in [0, 0.1) is 35.4 Å². The number of hydrogen-bond donors (Lipinski definition) is 0. The second kappa shape index (κ2) is 11.8. The van der Waals surface area contributed by atoms with E-state index in [-0.39, 0.29) is 42.6 Å². The fourth-order valence-electron chi connectivity index (χ4n) is 2.70. The zero-order chi connectivity index (χ0) is 26.7. The predicted octanol–water partition coefficient (Wildman–Crippen LogP) is 7.69. The van der Waals surface area contributed by atoms with Gasteiger partial charge >= 0.3 is 32.5 Å². The first kappa shape index (κ1) is 29.9. The summed E-state index contributed by atoms with van der Waals surface area (Å²) in [5.41, 5.74) is -2.31. The number of nitrogens with zero attached hydrogens (tertiary/aromatic N) is 2. The molecule has 13 heteroatoms. The average Bonchev–Trinajstić information content (AvgIpc) is 2.79. The van der Waals surface area contributed by atoms with E-state index in [9.17, 15) is 43.9 Å². The summed E-state index contributed by atoms with van der Waals surface area (Å²) in [5, 5.41) is 0. The van der Waals surface area contributed by atoms with Crippen LogP contribution in [0.5, 0.6) is 0 Å². The van der Waals surface area contributed by atoms with Crippen LogP contribution in [0.4, 0.5) is 43.9 Å². The van der Waals surface area contributed by atoms with Crippen LogP contribution in [0.3, 0.4) is 0 Å². The van der Waals surface area contributed by atoms with Gasteiger partial charge in [-0.2, -0.15) is 26.3 Å². The van der Waals surface area contributed by atoms with Crippen LogP contribution in [0.2, 0.25) is 0 Å². The molecule has 0 atom stereocenters. The third-order valence-corrected chi connectivity index (χ3v) is 4.41. The molecule has 0 radical (unpaired) electrons. The van der Waals surface area contributed by atoms with Crippen molar-refractivity contribution in [3.63, 3.8) is 0 Å². The minimum atomic E-state index is -4.50. The second-order valence-electron chi connectivity index (χ2n) is 6.94. The zero-order valence-electron chi connectivity index (χ0n) is 17.8.